The van der Waals surface area contributed by atoms with Gasteiger partial charge in [-0.05, 0) is 236 Å². The molecule has 0 radical (unpaired) electrons. The molecule has 0 saturated heterocycles. The summed E-state index contributed by atoms with van der Waals surface area (Å²) in [6.07, 6.45) is 14.4. The molecule has 0 unspecified atom stereocenters. The highest BCUT2D eigenvalue weighted by Gasteiger charge is 2.36. The molecule has 18 N–H and O–H groups in total. The van der Waals surface area contributed by atoms with Crippen LogP contribution in [0.2, 0.25) is 15.1 Å². The van der Waals surface area contributed by atoms with E-state index in [0.29, 0.717) is 66.6 Å². The average Bonchev–Trinajstić information content (AvgIpc) is 1.59. The lowest BCUT2D eigenvalue weighted by Crippen LogP contribution is -2.01. The van der Waals surface area contributed by atoms with E-state index in [1.54, 1.807) is 26.0 Å². The Morgan fingerprint density at radius 1 is 0.304 bits per heavy atom. The Balaban J connectivity index is 0.000000121. The summed E-state index contributed by atoms with van der Waals surface area (Å²) in [5.74, 6) is -4.30. The number of carbonyl (C=O) groups is 4. The molecule has 0 fully saturated rings. The van der Waals surface area contributed by atoms with Gasteiger partial charge in [0.2, 0.25) is 0 Å². The summed E-state index contributed by atoms with van der Waals surface area (Å²) in [7, 11) is 0. The number of nitro benzene ring substituents is 2. The molecule has 0 atom stereocenters. The number of benzene rings is 10. The van der Waals surface area contributed by atoms with Gasteiger partial charge in [0.25, 0.3) is 11.4 Å². The molecule has 10 aromatic carbocycles. The third kappa shape index (κ3) is 18.3. The minimum absolute atomic E-state index is 0.0497. The minimum Gasteiger partial charge on any atom is -0.477 e. The van der Waals surface area contributed by atoms with Crippen LogP contribution in [-0.4, -0.2) is 114 Å². The van der Waals surface area contributed by atoms with Crippen LogP contribution in [0.4, 0.5) is 17.1 Å². The van der Waals surface area contributed by atoms with Crippen molar-refractivity contribution in [1.29, 1.82) is 0 Å². The van der Waals surface area contributed by atoms with E-state index < -0.39 is 33.7 Å². The molecule has 0 saturated carbocycles. The van der Waals surface area contributed by atoms with Gasteiger partial charge < -0.3 is 86.0 Å². The van der Waals surface area contributed by atoms with Crippen molar-refractivity contribution >= 4 is 152 Å². The van der Waals surface area contributed by atoms with Crippen LogP contribution < -0.4 is 5.73 Å². The molecule has 748 valence electrons. The molecule has 0 aliphatic rings. The molecule has 0 bridgehead atoms. The number of carboxylic acid groups (broad SMARTS) is 4. The van der Waals surface area contributed by atoms with Gasteiger partial charge >= 0.3 is 23.9 Å². The van der Waals surface area contributed by atoms with Crippen molar-refractivity contribution in [2.24, 2.45) is 0 Å². The van der Waals surface area contributed by atoms with Crippen molar-refractivity contribution in [1.82, 2.24) is 59.8 Å². The number of aromatic nitrogens is 12. The number of aromatic carboxylic acids is 4. The summed E-state index contributed by atoms with van der Waals surface area (Å²) in [5.41, 5.74) is 40.2. The van der Waals surface area contributed by atoms with E-state index in [1.165, 1.54) is 85.3 Å². The van der Waals surface area contributed by atoms with E-state index >= 15 is 0 Å². The van der Waals surface area contributed by atoms with Crippen molar-refractivity contribution in [3.05, 3.63) is 357 Å². The summed E-state index contributed by atoms with van der Waals surface area (Å²) >= 11 is 19.5. The van der Waals surface area contributed by atoms with Gasteiger partial charge in [-0.15, -0.1) is 0 Å². The number of nitrogens with zero attached hydrogens (tertiary/aromatic N) is 2. The summed E-state index contributed by atoms with van der Waals surface area (Å²) in [6.45, 7) is 29.9. The molecule has 27 nitrogen and oxygen atoms in total. The molecular weight excluding hydrogens is 1930 g/mol. The Kier molecular flexibility index (Phi) is 27.7. The second-order valence-corrected chi connectivity index (χ2v) is 39.6. The number of anilines is 1. The maximum atomic E-state index is 12.4. The van der Waals surface area contributed by atoms with Crippen LogP contribution in [-0.2, 0) is 6.42 Å². The Hall–Kier alpha value is -17.3. The van der Waals surface area contributed by atoms with Crippen LogP contribution >= 0.6 is 34.8 Å². The minimum atomic E-state index is -1.16. The highest BCUT2D eigenvalue weighted by Crippen LogP contribution is 2.53. The highest BCUT2D eigenvalue weighted by atomic mass is 35.5. The molecule has 12 aromatic heterocycles. The van der Waals surface area contributed by atoms with E-state index in [4.69, 9.17) is 40.5 Å². The van der Waals surface area contributed by atoms with E-state index in [2.05, 4.69) is 137 Å². The van der Waals surface area contributed by atoms with E-state index in [-0.39, 0.29) is 67.9 Å². The fourth-order valence-corrected chi connectivity index (χ4v) is 22.1. The number of H-pyrrole nitrogens is 12. The number of rotatable bonds is 21. The van der Waals surface area contributed by atoms with Crippen molar-refractivity contribution < 1.29 is 49.5 Å². The van der Waals surface area contributed by atoms with Crippen LogP contribution in [0.1, 0.15) is 189 Å². The summed E-state index contributed by atoms with van der Waals surface area (Å²) in [4.78, 5) is 110. The Labute approximate surface area is 864 Å². The number of halogens is 3. The molecule has 22 aromatic rings. The van der Waals surface area contributed by atoms with Gasteiger partial charge in [0, 0.05) is 242 Å². The summed E-state index contributed by atoms with van der Waals surface area (Å²) in [6, 6.07) is 62.0. The quantitative estimate of drug-likeness (QED) is 0.0181. The number of fused-ring (bicyclic) bond motifs is 7. The fourth-order valence-electron chi connectivity index (χ4n) is 21.2. The first kappa shape index (κ1) is 101. The number of hydrogen-bond acceptors (Lipinski definition) is 9. The molecule has 12 heterocycles. The number of nitrogens with one attached hydrogen (secondary N) is 12. The smallest absolute Gasteiger partial charge is 0.352 e. The Bertz CT molecular complexity index is 8840. The Morgan fingerprint density at radius 3 is 0.885 bits per heavy atom. The number of aromatic amines is 12. The topological polar surface area (TPSA) is 451 Å². The fraction of sp³-hybridized carbons (Fsp3) is 0.169. The van der Waals surface area contributed by atoms with Gasteiger partial charge in [0.15, 0.2) is 0 Å². The molecular formula is C118H108Cl3N15O12. The second kappa shape index (κ2) is 40.7. The van der Waals surface area contributed by atoms with Crippen LogP contribution in [0.3, 0.4) is 0 Å². The molecule has 148 heavy (non-hydrogen) atoms. The van der Waals surface area contributed by atoms with Crippen LogP contribution in [0.5, 0.6) is 0 Å². The number of nitro groups is 2. The molecule has 0 aliphatic heterocycles. The number of carboxylic acids is 4. The van der Waals surface area contributed by atoms with Crippen molar-refractivity contribution in [2.45, 2.75) is 134 Å². The zero-order valence-corrected chi connectivity index (χ0v) is 86.0. The Morgan fingerprint density at radius 2 is 0.574 bits per heavy atom. The van der Waals surface area contributed by atoms with E-state index in [9.17, 15) is 59.8 Å². The lowest BCUT2D eigenvalue weighted by atomic mass is 9.87. The van der Waals surface area contributed by atoms with Gasteiger partial charge in [-0.1, -0.05) is 170 Å². The van der Waals surface area contributed by atoms with Gasteiger partial charge in [0.05, 0.1) is 38.3 Å². The highest BCUT2D eigenvalue weighted by molar-refractivity contribution is 6.35. The van der Waals surface area contributed by atoms with Gasteiger partial charge in [-0.25, -0.2) is 19.2 Å². The van der Waals surface area contributed by atoms with E-state index in [0.717, 1.165) is 139 Å². The predicted molar refractivity (Wildman–Crippen MR) is 596 cm³/mol. The largest absolute Gasteiger partial charge is 0.477 e. The third-order valence-corrected chi connectivity index (χ3v) is 28.7. The van der Waals surface area contributed by atoms with Gasteiger partial charge in [-0.3, -0.25) is 20.2 Å². The van der Waals surface area contributed by atoms with Crippen LogP contribution in [0.25, 0.3) is 188 Å². The van der Waals surface area contributed by atoms with Crippen LogP contribution in [0.15, 0.2) is 238 Å². The first-order chi connectivity index (χ1) is 70.8. The molecule has 0 spiro atoms. The zero-order chi connectivity index (χ0) is 105. The number of nitrogens with two attached hydrogens (primary N) is 1. The normalized spacial score (nSPS) is 11.5. The number of hydrogen-bond donors (Lipinski definition) is 17. The first-order valence-electron chi connectivity index (χ1n) is 48.5. The molecule has 0 aliphatic carbocycles. The lowest BCUT2D eigenvalue weighted by molar-refractivity contribution is -0.385. The van der Waals surface area contributed by atoms with Gasteiger partial charge in [0.1, 0.15) is 22.8 Å². The maximum absolute atomic E-state index is 12.4. The lowest BCUT2D eigenvalue weighted by Gasteiger charge is -2.15. The second-order valence-electron chi connectivity index (χ2n) is 38.4. The zero-order valence-electron chi connectivity index (χ0n) is 83.7. The third-order valence-electron chi connectivity index (χ3n) is 27.8. The molecule has 30 heteroatoms. The summed E-state index contributed by atoms with van der Waals surface area (Å²) < 4.78 is 0. The maximum Gasteiger partial charge on any atom is 0.352 e. The first-order valence-corrected chi connectivity index (χ1v) is 49.6. The van der Waals surface area contributed by atoms with Gasteiger partial charge in [-0.2, -0.15) is 0 Å². The van der Waals surface area contributed by atoms with Crippen molar-refractivity contribution in [2.75, 3.05) is 5.73 Å². The molecule has 22 rings (SSSR count). The predicted octanol–water partition coefficient (Wildman–Crippen LogP) is 32.2. The van der Waals surface area contributed by atoms with Crippen molar-refractivity contribution in [3.8, 4) is 112 Å². The monoisotopic (exact) mass is 2030 g/mol. The molecule has 0 amide bonds. The SMILES string of the molecule is CCc1c(-c2c(C)ccc3[nH]ccc23)[nH]c(C)c1-c1cccc2[nH]ccc12.Cc1cc(Cl)c(-c2c(C(=O)O)[nH]c(-c3cccc4[nH]ccc34)c2C(C)C)cc1N.Cc1cc(Cl)c(-c2c(C(=O)O)[nH]c(-c3cccc4[nH]ccc34)c2C(C)C)cc1[N+](=O)[O-].Cc1cc(Cl)c(-c2c(C(=O)O)[nH]c(-c3cccc4[nH]ccc34)c2C(C)C)cc1[N+](=O)[O-].Cc1ccc2[nH]ccc2c1-c1c(C(=O)O)[nH]c(-c2cccc3[nH]ccc23)c1C(C)C. The van der Waals surface area contributed by atoms with Crippen molar-refractivity contribution in [3.63, 3.8) is 0 Å². The number of nitrogen functional groups attached to an aromatic ring is 1. The average molecular weight is 2030 g/mol. The summed E-state index contributed by atoms with van der Waals surface area (Å²) in [5, 5.41) is 71.7. The van der Waals surface area contributed by atoms with E-state index in [1.807, 2.05) is 214 Å². The number of aryl methyl sites for hydroxylation is 6. The van der Waals surface area contributed by atoms with Crippen LogP contribution in [0, 0.1) is 61.8 Å². The standard InChI is InChI=1S/C25H23N3O2.C24H23N3.2C23H20ClN3O4.C23H22ClN3O2/c1-13(2)20-22(21-14(3)7-8-19-17(21)10-12-27-19)24(25(29)30)28-23(20)16-5-4-6-18-15(16)9-11-26-18;1-4-16-23(18-6-5-7-20-17(18)10-12-25-20)15(3)27-24(16)22-14(2)8-9-21-19(22)11-13-26-21;2*1-11(2)19-20(15-10-18(27(30)31)12(3)9-16(15)24)22(23(28)29)26-21(19)14-5-4-6-17-13(14)7-8-25-17;1-11(2)19-20(15-10-17(25)12(3)9-16(15)24)22(23(28)29)27-21(19)14-5-4-6-18-13(14)7-8-26-18/h4-13,26-28H,1-3H3,(H,29,30);5-13,25-27H,4H2,1-3H3;2*4-11,25-26H,1-3H3,(H,28,29);4-11,26-27H,25H2,1-3H3,(H,28,29).